The van der Waals surface area contributed by atoms with E-state index in [0.717, 1.165) is 23.4 Å². The molecule has 1 aliphatic rings. The van der Waals surface area contributed by atoms with Crippen LogP contribution < -0.4 is 10.6 Å². The number of hydrogen-bond donors (Lipinski definition) is 2. The number of hydrogen-bond acceptors (Lipinski definition) is 3. The molecule has 3 rings (SSSR count). The zero-order valence-corrected chi connectivity index (χ0v) is 13.9. The van der Waals surface area contributed by atoms with E-state index in [1.807, 2.05) is 53.4 Å². The predicted molar refractivity (Wildman–Crippen MR) is 94.9 cm³/mol. The lowest BCUT2D eigenvalue weighted by molar-refractivity contribution is -0.114. The summed E-state index contributed by atoms with van der Waals surface area (Å²) in [6.45, 7) is 4.22. The molecule has 24 heavy (non-hydrogen) atoms. The Kier molecular flexibility index (Phi) is 4.51. The SMILES string of the molecule is CCCN1C(=O)c2ccccc2N[C@@H]1c1ccc(NC(C)=O)cc1. The van der Waals surface area contributed by atoms with Crippen molar-refractivity contribution in [3.05, 3.63) is 59.7 Å². The quantitative estimate of drug-likeness (QED) is 0.903. The fraction of sp³-hybridized carbons (Fsp3) is 0.263. The van der Waals surface area contributed by atoms with Crippen molar-refractivity contribution in [3.63, 3.8) is 0 Å². The lowest BCUT2D eigenvalue weighted by Crippen LogP contribution is -2.43. The van der Waals surface area contributed by atoms with Gasteiger partial charge in [0.1, 0.15) is 6.17 Å². The minimum Gasteiger partial charge on any atom is -0.361 e. The number of nitrogens with zero attached hydrogens (tertiary/aromatic N) is 1. The highest BCUT2D eigenvalue weighted by molar-refractivity contribution is 6.01. The van der Waals surface area contributed by atoms with Crippen molar-refractivity contribution in [2.45, 2.75) is 26.4 Å². The van der Waals surface area contributed by atoms with Crippen molar-refractivity contribution in [3.8, 4) is 0 Å². The van der Waals surface area contributed by atoms with Crippen molar-refractivity contribution < 1.29 is 9.59 Å². The van der Waals surface area contributed by atoms with Gasteiger partial charge >= 0.3 is 0 Å². The standard InChI is InChI=1S/C19H21N3O2/c1-3-12-22-18(14-8-10-15(11-9-14)20-13(2)23)21-17-7-5-4-6-16(17)19(22)24/h4-11,18,21H,3,12H2,1-2H3,(H,20,23)/t18-/m0/s1. The number of fused-ring (bicyclic) bond motifs is 1. The molecule has 0 saturated carbocycles. The smallest absolute Gasteiger partial charge is 0.257 e. The molecule has 5 heteroatoms. The van der Waals surface area contributed by atoms with Gasteiger partial charge in [-0.3, -0.25) is 9.59 Å². The molecule has 124 valence electrons. The predicted octanol–water partition coefficient (Wildman–Crippen LogP) is 3.62. The van der Waals surface area contributed by atoms with Crippen molar-refractivity contribution in [2.24, 2.45) is 0 Å². The molecule has 2 aromatic rings. The van der Waals surface area contributed by atoms with Crippen molar-refractivity contribution >= 4 is 23.2 Å². The molecule has 0 radical (unpaired) electrons. The minimum atomic E-state index is -0.210. The zero-order chi connectivity index (χ0) is 17.1. The van der Waals surface area contributed by atoms with E-state index in [9.17, 15) is 9.59 Å². The van der Waals surface area contributed by atoms with E-state index in [1.165, 1.54) is 6.92 Å². The number of para-hydroxylation sites is 1. The average Bonchev–Trinajstić information content (AvgIpc) is 2.58. The lowest BCUT2D eigenvalue weighted by Gasteiger charge is -2.38. The van der Waals surface area contributed by atoms with E-state index in [0.29, 0.717) is 12.1 Å². The number of rotatable bonds is 4. The van der Waals surface area contributed by atoms with Crippen LogP contribution in [0, 0.1) is 0 Å². The Morgan fingerprint density at radius 3 is 2.54 bits per heavy atom. The molecule has 0 unspecified atom stereocenters. The van der Waals surface area contributed by atoms with E-state index in [-0.39, 0.29) is 18.0 Å². The summed E-state index contributed by atoms with van der Waals surface area (Å²) in [6.07, 6.45) is 0.675. The first-order chi connectivity index (χ1) is 11.6. The molecule has 0 aromatic heterocycles. The van der Waals surface area contributed by atoms with Crippen LogP contribution in [0.3, 0.4) is 0 Å². The topological polar surface area (TPSA) is 61.4 Å². The first-order valence-corrected chi connectivity index (χ1v) is 8.14. The Hall–Kier alpha value is -2.82. The van der Waals surface area contributed by atoms with Crippen molar-refractivity contribution in [1.29, 1.82) is 0 Å². The van der Waals surface area contributed by atoms with E-state index < -0.39 is 0 Å². The van der Waals surface area contributed by atoms with Gasteiger partial charge in [0.25, 0.3) is 5.91 Å². The average molecular weight is 323 g/mol. The fourth-order valence-corrected chi connectivity index (χ4v) is 2.98. The molecule has 2 amide bonds. The van der Waals surface area contributed by atoms with Crippen LogP contribution in [0.15, 0.2) is 48.5 Å². The van der Waals surface area contributed by atoms with Gasteiger partial charge in [0.15, 0.2) is 0 Å². The molecular weight excluding hydrogens is 302 g/mol. The summed E-state index contributed by atoms with van der Waals surface area (Å²) in [5.74, 6) is -0.0580. The van der Waals surface area contributed by atoms with Crippen LogP contribution in [-0.4, -0.2) is 23.3 Å². The zero-order valence-electron chi connectivity index (χ0n) is 13.9. The Labute approximate surface area is 141 Å². The molecule has 0 aliphatic carbocycles. The second-order valence-electron chi connectivity index (χ2n) is 5.89. The minimum absolute atomic E-state index is 0.0436. The first-order valence-electron chi connectivity index (χ1n) is 8.14. The monoisotopic (exact) mass is 323 g/mol. The van der Waals surface area contributed by atoms with Gasteiger partial charge in [-0.25, -0.2) is 0 Å². The molecule has 1 heterocycles. The molecule has 1 atom stereocenters. The molecule has 5 nitrogen and oxygen atoms in total. The normalized spacial score (nSPS) is 16.3. The van der Waals surface area contributed by atoms with E-state index >= 15 is 0 Å². The van der Waals surface area contributed by atoms with Crippen LogP contribution in [0.2, 0.25) is 0 Å². The van der Waals surface area contributed by atoms with Gasteiger partial charge in [-0.15, -0.1) is 0 Å². The van der Waals surface area contributed by atoms with Gasteiger partial charge in [-0.2, -0.15) is 0 Å². The molecule has 1 aliphatic heterocycles. The van der Waals surface area contributed by atoms with Gasteiger partial charge in [0.2, 0.25) is 5.91 Å². The second-order valence-corrected chi connectivity index (χ2v) is 5.89. The largest absolute Gasteiger partial charge is 0.361 e. The Bertz CT molecular complexity index is 755. The molecule has 0 saturated heterocycles. The van der Waals surface area contributed by atoms with E-state index in [1.54, 1.807) is 0 Å². The maximum absolute atomic E-state index is 12.8. The summed E-state index contributed by atoms with van der Waals surface area (Å²) in [7, 11) is 0. The summed E-state index contributed by atoms with van der Waals surface area (Å²) < 4.78 is 0. The molecular formula is C19H21N3O2. The number of benzene rings is 2. The highest BCUT2D eigenvalue weighted by Crippen LogP contribution is 2.33. The molecule has 2 aromatic carbocycles. The molecule has 0 fully saturated rings. The Morgan fingerprint density at radius 2 is 1.88 bits per heavy atom. The van der Waals surface area contributed by atoms with Gasteiger partial charge in [0.05, 0.1) is 5.56 Å². The van der Waals surface area contributed by atoms with Crippen molar-refractivity contribution in [1.82, 2.24) is 4.90 Å². The van der Waals surface area contributed by atoms with Crippen LogP contribution >= 0.6 is 0 Å². The van der Waals surface area contributed by atoms with Crippen LogP contribution in [0.4, 0.5) is 11.4 Å². The molecule has 0 bridgehead atoms. The number of carbonyl (C=O) groups excluding carboxylic acids is 2. The van der Waals surface area contributed by atoms with Crippen LogP contribution in [0.5, 0.6) is 0 Å². The number of carbonyl (C=O) groups is 2. The maximum atomic E-state index is 12.8. The summed E-state index contributed by atoms with van der Waals surface area (Å²) >= 11 is 0. The molecule has 2 N–H and O–H groups in total. The highest BCUT2D eigenvalue weighted by Gasteiger charge is 2.31. The molecule has 0 spiro atoms. The van der Waals surface area contributed by atoms with Gasteiger partial charge in [-0.1, -0.05) is 31.2 Å². The van der Waals surface area contributed by atoms with Gasteiger partial charge in [0, 0.05) is 24.8 Å². The van der Waals surface area contributed by atoms with Crippen molar-refractivity contribution in [2.75, 3.05) is 17.2 Å². The summed E-state index contributed by atoms with van der Waals surface area (Å²) in [5, 5.41) is 6.21. The van der Waals surface area contributed by atoms with Gasteiger partial charge < -0.3 is 15.5 Å². The second kappa shape index (κ2) is 6.74. The summed E-state index contributed by atoms with van der Waals surface area (Å²) in [6, 6.07) is 15.2. The third kappa shape index (κ3) is 3.11. The fourth-order valence-electron chi connectivity index (χ4n) is 2.98. The number of nitrogens with one attached hydrogen (secondary N) is 2. The Morgan fingerprint density at radius 1 is 1.17 bits per heavy atom. The number of amides is 2. The summed E-state index contributed by atoms with van der Waals surface area (Å²) in [5.41, 5.74) is 3.29. The van der Waals surface area contributed by atoms with Crippen LogP contribution in [0.25, 0.3) is 0 Å². The van der Waals surface area contributed by atoms with E-state index in [2.05, 4.69) is 17.6 Å². The highest BCUT2D eigenvalue weighted by atomic mass is 16.2. The van der Waals surface area contributed by atoms with Crippen LogP contribution in [0.1, 0.15) is 42.4 Å². The maximum Gasteiger partial charge on any atom is 0.257 e. The van der Waals surface area contributed by atoms with Crippen LogP contribution in [-0.2, 0) is 4.79 Å². The number of anilines is 2. The third-order valence-corrected chi connectivity index (χ3v) is 4.03. The Balaban J connectivity index is 1.93. The third-order valence-electron chi connectivity index (χ3n) is 4.03. The van der Waals surface area contributed by atoms with Gasteiger partial charge in [-0.05, 0) is 36.2 Å². The first kappa shape index (κ1) is 16.1. The lowest BCUT2D eigenvalue weighted by atomic mass is 10.0. The van der Waals surface area contributed by atoms with E-state index in [4.69, 9.17) is 0 Å². The summed E-state index contributed by atoms with van der Waals surface area (Å²) in [4.78, 5) is 25.8.